The van der Waals surface area contributed by atoms with Crippen LogP contribution >= 0.6 is 11.3 Å². The van der Waals surface area contributed by atoms with E-state index in [9.17, 15) is 8.42 Å². The predicted octanol–water partition coefficient (Wildman–Crippen LogP) is 1.56. The molecule has 148 valence electrons. The molecular weight excluding hydrogens is 386 g/mol. The minimum Gasteiger partial charge on any atom is -0.364 e. The van der Waals surface area contributed by atoms with Crippen molar-refractivity contribution in [2.75, 3.05) is 39.8 Å². The van der Waals surface area contributed by atoms with Gasteiger partial charge in [0.1, 0.15) is 12.0 Å². The summed E-state index contributed by atoms with van der Waals surface area (Å²) >= 11 is 1.70. The van der Waals surface area contributed by atoms with Crippen molar-refractivity contribution in [1.82, 2.24) is 19.7 Å². The normalized spacial score (nSPS) is 17.9. The van der Waals surface area contributed by atoms with E-state index in [1.165, 1.54) is 16.1 Å². The molecule has 1 saturated heterocycles. The Morgan fingerprint density at radius 2 is 2.15 bits per heavy atom. The van der Waals surface area contributed by atoms with E-state index in [-0.39, 0.29) is 5.75 Å². The molecule has 3 rings (SSSR count). The standard InChI is InChI=1S/C17H25N5O3S2/c1-14(15-4-10-26-12-15)11-19-17(18-2)21-5-7-22(8-6-21)27(23,24)13-16-3-9-25-20-16/h3-4,9-10,12,14H,5-8,11,13H2,1-2H3,(H,18,19). The maximum Gasteiger partial charge on any atom is 0.220 e. The first-order valence-corrected chi connectivity index (χ1v) is 11.4. The first-order valence-electron chi connectivity index (χ1n) is 8.84. The minimum atomic E-state index is -3.39. The van der Waals surface area contributed by atoms with Crippen molar-refractivity contribution in [3.05, 3.63) is 40.4 Å². The molecule has 3 heterocycles. The van der Waals surface area contributed by atoms with Crippen LogP contribution in [-0.2, 0) is 15.8 Å². The van der Waals surface area contributed by atoms with Gasteiger partial charge in [-0.25, -0.2) is 8.42 Å². The highest BCUT2D eigenvalue weighted by Gasteiger charge is 2.29. The van der Waals surface area contributed by atoms with E-state index < -0.39 is 10.0 Å². The molecule has 0 aliphatic carbocycles. The number of hydrogen-bond donors (Lipinski definition) is 1. The van der Waals surface area contributed by atoms with E-state index in [1.807, 2.05) is 0 Å². The van der Waals surface area contributed by atoms with Gasteiger partial charge in [-0.15, -0.1) is 0 Å². The Hall–Kier alpha value is -1.91. The summed E-state index contributed by atoms with van der Waals surface area (Å²) in [5.74, 6) is 1.07. The molecule has 1 unspecified atom stereocenters. The van der Waals surface area contributed by atoms with Crippen LogP contribution in [0.5, 0.6) is 0 Å². The first kappa shape index (κ1) is 19.8. The van der Waals surface area contributed by atoms with Gasteiger partial charge in [-0.2, -0.15) is 15.6 Å². The van der Waals surface area contributed by atoms with Crippen LogP contribution < -0.4 is 5.32 Å². The monoisotopic (exact) mass is 411 g/mol. The highest BCUT2D eigenvalue weighted by molar-refractivity contribution is 7.88. The Kier molecular flexibility index (Phi) is 6.51. The number of piperazine rings is 1. The summed E-state index contributed by atoms with van der Waals surface area (Å²) in [4.78, 5) is 6.46. The van der Waals surface area contributed by atoms with Crippen LogP contribution in [0.1, 0.15) is 24.1 Å². The number of thiophene rings is 1. The van der Waals surface area contributed by atoms with E-state index in [1.54, 1.807) is 24.5 Å². The topological polar surface area (TPSA) is 91.0 Å². The lowest BCUT2D eigenvalue weighted by molar-refractivity contribution is 0.259. The van der Waals surface area contributed by atoms with Crippen molar-refractivity contribution in [2.24, 2.45) is 4.99 Å². The Labute approximate surface area is 163 Å². The fraction of sp³-hybridized carbons (Fsp3) is 0.529. The molecule has 1 aliphatic heterocycles. The molecule has 1 atom stereocenters. The molecule has 0 bridgehead atoms. The van der Waals surface area contributed by atoms with Crippen LogP contribution in [0.2, 0.25) is 0 Å². The molecule has 1 fully saturated rings. The van der Waals surface area contributed by atoms with Crippen molar-refractivity contribution >= 4 is 27.3 Å². The fourth-order valence-electron chi connectivity index (χ4n) is 3.02. The van der Waals surface area contributed by atoms with E-state index in [0.717, 1.165) is 12.5 Å². The van der Waals surface area contributed by atoms with Gasteiger partial charge >= 0.3 is 0 Å². The lowest BCUT2D eigenvalue weighted by Gasteiger charge is -2.36. The summed E-state index contributed by atoms with van der Waals surface area (Å²) in [5.41, 5.74) is 1.74. The number of aromatic nitrogens is 1. The quantitative estimate of drug-likeness (QED) is 0.573. The number of nitrogens with one attached hydrogen (secondary N) is 1. The lowest BCUT2D eigenvalue weighted by atomic mass is 10.1. The number of nitrogens with zero attached hydrogens (tertiary/aromatic N) is 4. The number of aliphatic imine (C=N–C) groups is 1. The Morgan fingerprint density at radius 1 is 1.37 bits per heavy atom. The highest BCUT2D eigenvalue weighted by Crippen LogP contribution is 2.17. The van der Waals surface area contributed by atoms with Crippen molar-refractivity contribution in [3.8, 4) is 0 Å². The highest BCUT2D eigenvalue weighted by atomic mass is 32.2. The van der Waals surface area contributed by atoms with Gasteiger partial charge < -0.3 is 14.7 Å². The Morgan fingerprint density at radius 3 is 2.74 bits per heavy atom. The smallest absolute Gasteiger partial charge is 0.220 e. The van der Waals surface area contributed by atoms with Crippen LogP contribution in [0.3, 0.4) is 0 Å². The molecule has 0 radical (unpaired) electrons. The van der Waals surface area contributed by atoms with Crippen LogP contribution in [0, 0.1) is 0 Å². The summed E-state index contributed by atoms with van der Waals surface area (Å²) in [5, 5.41) is 11.3. The summed E-state index contributed by atoms with van der Waals surface area (Å²) < 4.78 is 31.3. The molecule has 0 saturated carbocycles. The van der Waals surface area contributed by atoms with E-state index in [4.69, 9.17) is 4.52 Å². The van der Waals surface area contributed by atoms with Crippen molar-refractivity contribution in [2.45, 2.75) is 18.6 Å². The third kappa shape index (κ3) is 5.08. The first-order chi connectivity index (χ1) is 13.0. The zero-order valence-corrected chi connectivity index (χ0v) is 17.2. The second-order valence-corrected chi connectivity index (χ2v) is 9.27. The summed E-state index contributed by atoms with van der Waals surface area (Å²) in [6, 6.07) is 3.71. The molecule has 8 nitrogen and oxygen atoms in total. The van der Waals surface area contributed by atoms with Crippen LogP contribution in [0.25, 0.3) is 0 Å². The molecule has 0 aromatic carbocycles. The summed E-state index contributed by atoms with van der Waals surface area (Å²) in [7, 11) is -1.64. The van der Waals surface area contributed by atoms with Crippen LogP contribution in [0.4, 0.5) is 0 Å². The largest absolute Gasteiger partial charge is 0.364 e. The van der Waals surface area contributed by atoms with Gasteiger partial charge in [0, 0.05) is 45.8 Å². The molecule has 0 spiro atoms. The maximum atomic E-state index is 12.5. The third-order valence-electron chi connectivity index (χ3n) is 4.64. The van der Waals surface area contributed by atoms with Crippen LogP contribution in [-0.4, -0.2) is 68.5 Å². The van der Waals surface area contributed by atoms with Crippen molar-refractivity contribution in [1.29, 1.82) is 0 Å². The van der Waals surface area contributed by atoms with Gasteiger partial charge in [0.05, 0.1) is 5.69 Å². The average Bonchev–Trinajstić information content (AvgIpc) is 3.36. The Bertz CT molecular complexity index is 826. The van der Waals surface area contributed by atoms with Gasteiger partial charge in [0.25, 0.3) is 0 Å². The zero-order chi connectivity index (χ0) is 19.3. The number of guanidine groups is 1. The molecule has 27 heavy (non-hydrogen) atoms. The van der Waals surface area contributed by atoms with E-state index in [2.05, 4.69) is 44.1 Å². The maximum absolute atomic E-state index is 12.5. The van der Waals surface area contributed by atoms with Gasteiger partial charge in [0.15, 0.2) is 5.96 Å². The second-order valence-electron chi connectivity index (χ2n) is 6.52. The average molecular weight is 412 g/mol. The Balaban J connectivity index is 1.51. The summed E-state index contributed by atoms with van der Waals surface area (Å²) in [6.45, 7) is 5.03. The zero-order valence-electron chi connectivity index (χ0n) is 15.5. The molecule has 1 N–H and O–H groups in total. The molecule has 2 aromatic heterocycles. The fourth-order valence-corrected chi connectivity index (χ4v) is 5.23. The third-order valence-corrected chi connectivity index (χ3v) is 7.16. The number of hydrogen-bond acceptors (Lipinski definition) is 6. The molecule has 10 heteroatoms. The summed E-state index contributed by atoms with van der Waals surface area (Å²) in [6.07, 6.45) is 1.38. The van der Waals surface area contributed by atoms with E-state index in [0.29, 0.717) is 37.8 Å². The SMILES string of the molecule is CN=C(NCC(C)c1ccsc1)N1CCN(S(=O)(=O)Cc2ccon2)CC1. The van der Waals surface area contributed by atoms with Crippen molar-refractivity contribution < 1.29 is 12.9 Å². The van der Waals surface area contributed by atoms with Gasteiger partial charge in [-0.3, -0.25) is 4.99 Å². The molecule has 2 aromatic rings. The van der Waals surface area contributed by atoms with Crippen LogP contribution in [0.15, 0.2) is 38.7 Å². The molecular formula is C17H25N5O3S2. The van der Waals surface area contributed by atoms with Crippen molar-refractivity contribution in [3.63, 3.8) is 0 Å². The van der Waals surface area contributed by atoms with E-state index >= 15 is 0 Å². The second kappa shape index (κ2) is 8.85. The number of rotatable bonds is 6. The molecule has 1 aliphatic rings. The molecule has 0 amide bonds. The predicted molar refractivity (Wildman–Crippen MR) is 106 cm³/mol. The lowest BCUT2D eigenvalue weighted by Crippen LogP contribution is -2.54. The van der Waals surface area contributed by atoms with Gasteiger partial charge in [-0.1, -0.05) is 12.1 Å². The van der Waals surface area contributed by atoms with Gasteiger partial charge in [-0.05, 0) is 28.3 Å². The number of sulfonamides is 1. The van der Waals surface area contributed by atoms with Gasteiger partial charge in [0.2, 0.25) is 10.0 Å². The minimum absolute atomic E-state index is 0.130.